The Morgan fingerprint density at radius 3 is 0.818 bits per heavy atom. The minimum absolute atomic E-state index is 0. The van der Waals surface area contributed by atoms with Gasteiger partial charge in [0.1, 0.15) is 0 Å². The maximum absolute atomic E-state index is 8.87. The Bertz CT molecular complexity index is 131. The SMILES string of the molecule is O=P([O-])([O-])Cl.O=P([O-])([O-])Cl.[Pb]. The van der Waals surface area contributed by atoms with Crippen LogP contribution < -0.4 is 19.6 Å². The predicted octanol–water partition coefficient (Wildman–Crippen LogP) is -2.27. The van der Waals surface area contributed by atoms with Crippen molar-refractivity contribution in [2.75, 3.05) is 0 Å². The third-order valence-corrected chi connectivity index (χ3v) is 0. The van der Waals surface area contributed by atoms with E-state index in [0.29, 0.717) is 0 Å². The molecule has 0 saturated heterocycles. The Morgan fingerprint density at radius 1 is 0.818 bits per heavy atom. The van der Waals surface area contributed by atoms with E-state index in [2.05, 4.69) is 22.5 Å². The Labute approximate surface area is 92.0 Å². The van der Waals surface area contributed by atoms with E-state index in [1.807, 2.05) is 0 Å². The summed E-state index contributed by atoms with van der Waals surface area (Å²) in [4.78, 5) is 35.5. The van der Waals surface area contributed by atoms with Crippen LogP contribution in [0.2, 0.25) is 0 Å². The molecular weight excluding hydrogens is 436 g/mol. The minimum Gasteiger partial charge on any atom is -0.799 e. The van der Waals surface area contributed by atoms with Crippen molar-refractivity contribution < 1.29 is 28.7 Å². The zero-order valence-corrected chi connectivity index (χ0v) is 11.8. The van der Waals surface area contributed by atoms with Crippen molar-refractivity contribution in [2.24, 2.45) is 0 Å². The maximum atomic E-state index is 8.87. The summed E-state index contributed by atoms with van der Waals surface area (Å²) in [5, 5.41) is 0. The monoisotopic (exact) mass is 436 g/mol. The van der Waals surface area contributed by atoms with Crippen LogP contribution in [0, 0.1) is 0 Å². The fourth-order valence-electron chi connectivity index (χ4n) is 0. The second-order valence-corrected chi connectivity index (χ2v) is 5.07. The van der Waals surface area contributed by atoms with E-state index in [4.69, 9.17) is 28.7 Å². The molecule has 0 aromatic carbocycles. The van der Waals surface area contributed by atoms with Crippen molar-refractivity contribution in [1.29, 1.82) is 0 Å². The number of halogens is 2. The molecule has 0 fully saturated rings. The van der Waals surface area contributed by atoms with Crippen molar-refractivity contribution in [1.82, 2.24) is 0 Å². The van der Waals surface area contributed by atoms with Crippen molar-refractivity contribution in [2.45, 2.75) is 0 Å². The second kappa shape index (κ2) is 7.23. The molecule has 68 valence electrons. The first kappa shape index (κ1) is 18.6. The Morgan fingerprint density at radius 2 is 0.818 bits per heavy atom. The molecular formula is Cl2O6P2Pb-4. The van der Waals surface area contributed by atoms with Gasteiger partial charge in [-0.2, -0.15) is 0 Å². The fourth-order valence-corrected chi connectivity index (χ4v) is 0. The quantitative estimate of drug-likeness (QED) is 0.312. The molecule has 0 aromatic rings. The molecule has 0 aromatic heterocycles. The van der Waals surface area contributed by atoms with E-state index in [0.717, 1.165) is 0 Å². The first-order chi connectivity index (χ1) is 4.00. The van der Waals surface area contributed by atoms with Gasteiger partial charge in [-0.15, -0.1) is 0 Å². The molecule has 6 nitrogen and oxygen atoms in total. The number of hydrogen-bond acceptors (Lipinski definition) is 6. The van der Waals surface area contributed by atoms with E-state index >= 15 is 0 Å². The normalized spacial score (nSPS) is 10.7. The summed E-state index contributed by atoms with van der Waals surface area (Å²) in [6.07, 6.45) is 0. The zero-order valence-electron chi connectivity index (χ0n) is 4.60. The van der Waals surface area contributed by atoms with Crippen LogP contribution in [0.5, 0.6) is 0 Å². The summed E-state index contributed by atoms with van der Waals surface area (Å²) in [6.45, 7) is -9.33. The van der Waals surface area contributed by atoms with Gasteiger partial charge in [0.05, 0.1) is 0 Å². The van der Waals surface area contributed by atoms with Crippen LogP contribution in [0.3, 0.4) is 0 Å². The Balaban J connectivity index is -0.000000107. The topological polar surface area (TPSA) is 126 Å². The summed E-state index contributed by atoms with van der Waals surface area (Å²) in [5.41, 5.74) is 0. The molecule has 0 amide bonds. The number of rotatable bonds is 0. The molecule has 11 heteroatoms. The molecule has 0 aliphatic carbocycles. The molecule has 0 aliphatic heterocycles. The van der Waals surface area contributed by atoms with Crippen molar-refractivity contribution in [3.63, 3.8) is 0 Å². The molecule has 0 atom stereocenters. The summed E-state index contributed by atoms with van der Waals surface area (Å²) >= 11 is 7.95. The van der Waals surface area contributed by atoms with Crippen molar-refractivity contribution in [3.8, 4) is 0 Å². The molecule has 0 rings (SSSR count). The molecule has 4 radical (unpaired) electrons. The molecule has 11 heavy (non-hydrogen) atoms. The van der Waals surface area contributed by atoms with Crippen LogP contribution in [-0.2, 0) is 9.13 Å². The van der Waals surface area contributed by atoms with E-state index in [1.54, 1.807) is 0 Å². The Hall–Kier alpha value is 1.80. The van der Waals surface area contributed by atoms with Gasteiger partial charge in [-0.1, -0.05) is 22.5 Å². The predicted molar refractivity (Wildman–Crippen MR) is 32.7 cm³/mol. The molecule has 0 spiro atoms. The largest absolute Gasteiger partial charge is 0.799 e. The van der Waals surface area contributed by atoms with E-state index < -0.39 is 13.9 Å². The average Bonchev–Trinajstić information content (AvgIpc) is 1.12. The van der Waals surface area contributed by atoms with Crippen LogP contribution in [0.1, 0.15) is 0 Å². The second-order valence-electron chi connectivity index (χ2n) is 0.861. The first-order valence-corrected chi connectivity index (χ1v) is 6.33. The van der Waals surface area contributed by atoms with Crippen LogP contribution >= 0.6 is 36.4 Å². The molecule has 0 heterocycles. The van der Waals surface area contributed by atoms with Gasteiger partial charge in [-0.05, 0) is 0 Å². The molecule has 0 aliphatic rings. The third-order valence-electron chi connectivity index (χ3n) is 0. The summed E-state index contributed by atoms with van der Waals surface area (Å²) < 4.78 is 17.7. The standard InChI is InChI=1S/2ClH2O3P.Pb/c2*1-5(2,3)4;/h2*(H2,2,3,4);/p-4. The van der Waals surface area contributed by atoms with E-state index in [1.165, 1.54) is 0 Å². The van der Waals surface area contributed by atoms with Gasteiger partial charge < -0.3 is 28.7 Å². The van der Waals surface area contributed by atoms with Gasteiger partial charge in [0.2, 0.25) is 0 Å². The van der Waals surface area contributed by atoms with E-state index in [9.17, 15) is 0 Å². The first-order valence-electron chi connectivity index (χ1n) is 1.43. The molecule has 0 saturated carbocycles. The Kier molecular flexibility index (Phi) is 12.2. The summed E-state index contributed by atoms with van der Waals surface area (Å²) in [7, 11) is 0. The summed E-state index contributed by atoms with van der Waals surface area (Å²) in [5.74, 6) is 0. The third kappa shape index (κ3) is 349. The number of hydrogen-bond donors (Lipinski definition) is 0. The van der Waals surface area contributed by atoms with Crippen LogP contribution in [0.15, 0.2) is 0 Å². The zero-order chi connectivity index (χ0) is 9.00. The van der Waals surface area contributed by atoms with Crippen LogP contribution in [-0.4, -0.2) is 27.3 Å². The fraction of sp³-hybridized carbons (Fsp3) is 0. The molecule has 0 unspecified atom stereocenters. The van der Waals surface area contributed by atoms with Gasteiger partial charge in [0.25, 0.3) is 0 Å². The van der Waals surface area contributed by atoms with Crippen molar-refractivity contribution >= 4 is 63.7 Å². The van der Waals surface area contributed by atoms with Gasteiger partial charge in [-0.3, -0.25) is 0 Å². The molecule has 0 N–H and O–H groups in total. The van der Waals surface area contributed by atoms with Gasteiger partial charge in [-0.25, -0.2) is 0 Å². The average molecular weight is 436 g/mol. The maximum Gasteiger partial charge on any atom is 0.0244 e. The van der Waals surface area contributed by atoms with Gasteiger partial charge in [0, 0.05) is 41.2 Å². The van der Waals surface area contributed by atoms with Crippen molar-refractivity contribution in [3.05, 3.63) is 0 Å². The van der Waals surface area contributed by atoms with E-state index in [-0.39, 0.29) is 27.3 Å². The minimum atomic E-state index is -4.67. The van der Waals surface area contributed by atoms with Crippen LogP contribution in [0.25, 0.3) is 0 Å². The van der Waals surface area contributed by atoms with Gasteiger partial charge in [0.15, 0.2) is 0 Å². The summed E-state index contributed by atoms with van der Waals surface area (Å²) in [6, 6.07) is 0. The van der Waals surface area contributed by atoms with Gasteiger partial charge >= 0.3 is 0 Å². The smallest absolute Gasteiger partial charge is 0.0244 e. The molecule has 0 bridgehead atoms. The van der Waals surface area contributed by atoms with Crippen LogP contribution in [0.4, 0.5) is 0 Å².